The van der Waals surface area contributed by atoms with Gasteiger partial charge >= 0.3 is 0 Å². The molecule has 0 saturated heterocycles. The zero-order valence-corrected chi connectivity index (χ0v) is 19.4. The van der Waals surface area contributed by atoms with Crippen molar-refractivity contribution >= 4 is 17.7 Å². The molecule has 0 bridgehead atoms. The number of amides is 1. The fourth-order valence-corrected chi connectivity index (χ4v) is 4.26. The number of thioether (sulfide) groups is 1. The molecule has 174 valence electrons. The van der Waals surface area contributed by atoms with Gasteiger partial charge in [0.25, 0.3) is 0 Å². The average Bonchev–Trinajstić information content (AvgIpc) is 3.22. The minimum absolute atomic E-state index is 0.0631. The Morgan fingerprint density at radius 3 is 2.18 bits per heavy atom. The van der Waals surface area contributed by atoms with Crippen LogP contribution in [0, 0.1) is 5.82 Å². The molecule has 1 aromatic heterocycles. The Morgan fingerprint density at radius 2 is 1.59 bits per heavy atom. The van der Waals surface area contributed by atoms with Crippen molar-refractivity contribution in [3.05, 3.63) is 108 Å². The van der Waals surface area contributed by atoms with Crippen molar-refractivity contribution in [1.29, 1.82) is 0 Å². The van der Waals surface area contributed by atoms with Crippen LogP contribution in [-0.2, 0) is 11.4 Å². The maximum atomic E-state index is 13.1. The third-order valence-electron chi connectivity index (χ3n) is 5.25. The molecule has 7 nitrogen and oxygen atoms in total. The second kappa shape index (κ2) is 10.8. The van der Waals surface area contributed by atoms with E-state index in [4.69, 9.17) is 10.6 Å². The Bertz CT molecular complexity index is 1180. The van der Waals surface area contributed by atoms with Crippen LogP contribution >= 0.6 is 11.8 Å². The molecule has 34 heavy (non-hydrogen) atoms. The van der Waals surface area contributed by atoms with Gasteiger partial charge in [0.1, 0.15) is 18.2 Å². The molecule has 0 aliphatic heterocycles. The summed E-state index contributed by atoms with van der Waals surface area (Å²) in [5.41, 5.74) is 2.05. The van der Waals surface area contributed by atoms with E-state index in [9.17, 15) is 9.18 Å². The fraction of sp³-hybridized carbons (Fsp3) is 0.160. The summed E-state index contributed by atoms with van der Waals surface area (Å²) in [6.45, 7) is 0.0631. The van der Waals surface area contributed by atoms with Gasteiger partial charge in [0.2, 0.25) is 11.1 Å². The summed E-state index contributed by atoms with van der Waals surface area (Å²) in [7, 11) is 1.79. The fourth-order valence-electron chi connectivity index (χ4n) is 3.47. The molecular formula is C25H24FN5O2S. The van der Waals surface area contributed by atoms with E-state index in [-0.39, 0.29) is 30.1 Å². The molecule has 4 rings (SSSR count). The van der Waals surface area contributed by atoms with Crippen molar-refractivity contribution in [2.45, 2.75) is 17.8 Å². The molecular weight excluding hydrogens is 453 g/mol. The number of carbonyl (C=O) groups excluding carboxylic acids is 1. The first-order valence-corrected chi connectivity index (χ1v) is 11.6. The SMILES string of the molecule is CN(C(=O)CSc1nnc(COc2ccc(F)cc2)n1N)C(c1ccccc1)c1ccccc1. The number of rotatable bonds is 9. The molecule has 1 amide bonds. The number of nitrogens with two attached hydrogens (primary N) is 1. The van der Waals surface area contributed by atoms with E-state index >= 15 is 0 Å². The normalized spacial score (nSPS) is 10.9. The van der Waals surface area contributed by atoms with Gasteiger partial charge in [0.05, 0.1) is 11.8 Å². The number of ether oxygens (including phenoxy) is 1. The van der Waals surface area contributed by atoms with Gasteiger partial charge in [0.15, 0.2) is 5.82 Å². The monoisotopic (exact) mass is 477 g/mol. The number of carbonyl (C=O) groups is 1. The Kier molecular flexibility index (Phi) is 7.44. The second-order valence-corrected chi connectivity index (χ2v) is 8.47. The van der Waals surface area contributed by atoms with Crippen LogP contribution in [0.25, 0.3) is 0 Å². The van der Waals surface area contributed by atoms with Gasteiger partial charge < -0.3 is 15.5 Å². The molecule has 2 N–H and O–H groups in total. The summed E-state index contributed by atoms with van der Waals surface area (Å²) in [5.74, 6) is 6.70. The van der Waals surface area contributed by atoms with Crippen LogP contribution in [0.2, 0.25) is 0 Å². The zero-order valence-electron chi connectivity index (χ0n) is 18.5. The highest BCUT2D eigenvalue weighted by atomic mass is 32.2. The summed E-state index contributed by atoms with van der Waals surface area (Å²) < 4.78 is 19.9. The van der Waals surface area contributed by atoms with Gasteiger partial charge in [-0.2, -0.15) is 0 Å². The third kappa shape index (κ3) is 5.55. The zero-order chi connectivity index (χ0) is 23.9. The molecule has 0 atom stereocenters. The lowest BCUT2D eigenvalue weighted by atomic mass is 9.97. The number of nitrogens with zero attached hydrogens (tertiary/aromatic N) is 4. The van der Waals surface area contributed by atoms with Gasteiger partial charge in [-0.1, -0.05) is 72.4 Å². The van der Waals surface area contributed by atoms with E-state index in [0.29, 0.717) is 16.7 Å². The predicted molar refractivity (Wildman–Crippen MR) is 129 cm³/mol. The molecule has 0 radical (unpaired) electrons. The van der Waals surface area contributed by atoms with Crippen molar-refractivity contribution in [1.82, 2.24) is 19.8 Å². The summed E-state index contributed by atoms with van der Waals surface area (Å²) >= 11 is 1.20. The number of hydrogen-bond donors (Lipinski definition) is 1. The maximum absolute atomic E-state index is 13.1. The summed E-state index contributed by atoms with van der Waals surface area (Å²) in [4.78, 5) is 14.8. The van der Waals surface area contributed by atoms with Crippen LogP contribution in [0.4, 0.5) is 4.39 Å². The highest BCUT2D eigenvalue weighted by Crippen LogP contribution is 2.28. The Labute approximate surface area is 201 Å². The first-order valence-electron chi connectivity index (χ1n) is 10.6. The highest BCUT2D eigenvalue weighted by molar-refractivity contribution is 7.99. The maximum Gasteiger partial charge on any atom is 0.233 e. The number of hydrogen-bond acceptors (Lipinski definition) is 6. The number of benzene rings is 3. The Balaban J connectivity index is 1.41. The van der Waals surface area contributed by atoms with Gasteiger partial charge in [-0.3, -0.25) is 4.79 Å². The summed E-state index contributed by atoms with van der Waals surface area (Å²) in [6.07, 6.45) is 0. The highest BCUT2D eigenvalue weighted by Gasteiger charge is 2.24. The van der Waals surface area contributed by atoms with Crippen LogP contribution in [-0.4, -0.2) is 38.5 Å². The van der Waals surface area contributed by atoms with Crippen molar-refractivity contribution in [3.63, 3.8) is 0 Å². The van der Waals surface area contributed by atoms with Gasteiger partial charge in [-0.25, -0.2) is 9.07 Å². The first-order chi connectivity index (χ1) is 16.5. The number of halogens is 1. The molecule has 0 fully saturated rings. The molecule has 0 aliphatic rings. The summed E-state index contributed by atoms with van der Waals surface area (Å²) in [5, 5.41) is 8.52. The smallest absolute Gasteiger partial charge is 0.233 e. The van der Waals surface area contributed by atoms with Crippen molar-refractivity contribution in [3.8, 4) is 5.75 Å². The molecule has 4 aromatic rings. The Morgan fingerprint density at radius 1 is 1.00 bits per heavy atom. The molecule has 0 unspecified atom stereocenters. The van der Waals surface area contributed by atoms with E-state index in [0.717, 1.165) is 11.1 Å². The van der Waals surface area contributed by atoms with Crippen molar-refractivity contribution < 1.29 is 13.9 Å². The number of nitrogen functional groups attached to an aromatic ring is 1. The quantitative estimate of drug-likeness (QED) is 0.289. The molecule has 0 spiro atoms. The predicted octanol–water partition coefficient (Wildman–Crippen LogP) is 4.05. The lowest BCUT2D eigenvalue weighted by Gasteiger charge is -2.29. The summed E-state index contributed by atoms with van der Waals surface area (Å²) in [6, 6.07) is 25.3. The van der Waals surface area contributed by atoms with Crippen molar-refractivity contribution in [2.75, 3.05) is 18.6 Å². The standard InChI is InChI=1S/C25H24FN5O2S/c1-30(24(18-8-4-2-5-9-18)19-10-6-3-7-11-19)23(32)17-34-25-29-28-22(31(25)27)16-33-21-14-12-20(26)13-15-21/h2-15,24H,16-17,27H2,1H3. The van der Waals surface area contributed by atoms with E-state index in [1.165, 1.54) is 40.7 Å². The van der Waals surface area contributed by atoms with Crippen LogP contribution in [0.1, 0.15) is 23.0 Å². The number of aromatic nitrogens is 3. The van der Waals surface area contributed by atoms with Crippen LogP contribution in [0.3, 0.4) is 0 Å². The average molecular weight is 478 g/mol. The lowest BCUT2D eigenvalue weighted by Crippen LogP contribution is -2.33. The van der Waals surface area contributed by atoms with E-state index in [1.807, 2.05) is 60.7 Å². The van der Waals surface area contributed by atoms with Crippen LogP contribution < -0.4 is 10.6 Å². The molecule has 0 aliphatic carbocycles. The van der Waals surface area contributed by atoms with Crippen LogP contribution in [0.15, 0.2) is 90.1 Å². The third-order valence-corrected chi connectivity index (χ3v) is 6.18. The molecule has 9 heteroatoms. The topological polar surface area (TPSA) is 86.3 Å². The van der Waals surface area contributed by atoms with Crippen molar-refractivity contribution in [2.24, 2.45) is 0 Å². The minimum Gasteiger partial charge on any atom is -0.486 e. The second-order valence-electron chi connectivity index (χ2n) is 7.53. The van der Waals surface area contributed by atoms with Crippen LogP contribution in [0.5, 0.6) is 5.75 Å². The first kappa shape index (κ1) is 23.3. The van der Waals surface area contributed by atoms with E-state index in [2.05, 4.69) is 10.2 Å². The molecule has 0 saturated carbocycles. The van der Waals surface area contributed by atoms with Gasteiger partial charge in [-0.05, 0) is 35.4 Å². The Hall–Kier alpha value is -3.85. The van der Waals surface area contributed by atoms with E-state index in [1.54, 1.807) is 11.9 Å². The van der Waals surface area contributed by atoms with Gasteiger partial charge in [-0.15, -0.1) is 10.2 Å². The van der Waals surface area contributed by atoms with Gasteiger partial charge in [0, 0.05) is 7.05 Å². The minimum atomic E-state index is -0.343. The molecule has 3 aromatic carbocycles. The largest absolute Gasteiger partial charge is 0.486 e. The lowest BCUT2D eigenvalue weighted by molar-refractivity contribution is -0.128. The molecule has 1 heterocycles. The van der Waals surface area contributed by atoms with E-state index < -0.39 is 0 Å².